The maximum Gasteiger partial charge on any atom is 0.365 e. The van der Waals surface area contributed by atoms with E-state index in [9.17, 15) is 4.79 Å². The van der Waals surface area contributed by atoms with Crippen LogP contribution in [-0.2, 0) is 0 Å². The highest BCUT2D eigenvalue weighted by Gasteiger charge is 2.03. The molecule has 0 saturated heterocycles. The molecule has 0 unspecified atom stereocenters. The summed E-state index contributed by atoms with van der Waals surface area (Å²) in [5.41, 5.74) is 0.329. The molecule has 1 aromatic carbocycles. The van der Waals surface area contributed by atoms with Gasteiger partial charge in [0.15, 0.2) is 0 Å². The van der Waals surface area contributed by atoms with Crippen molar-refractivity contribution < 1.29 is 9.26 Å². The summed E-state index contributed by atoms with van der Waals surface area (Å²) in [6.07, 6.45) is 1.67. The minimum Gasteiger partial charge on any atom is -0.496 e. The van der Waals surface area contributed by atoms with E-state index in [1.165, 1.54) is 0 Å². The lowest BCUT2D eigenvalue weighted by Gasteiger charge is -2.04. The first-order valence-corrected chi connectivity index (χ1v) is 5.63. The van der Waals surface area contributed by atoms with Crippen molar-refractivity contribution in [2.24, 2.45) is 0 Å². The van der Waals surface area contributed by atoms with Crippen molar-refractivity contribution in [2.75, 3.05) is 7.11 Å². The fourth-order valence-electron chi connectivity index (χ4n) is 1.46. The standard InChI is InChI=1S/C12H10BrNO3/c1-7-10(12(15)17-14-7)6-8-5-9(13)3-4-11(8)16-2/h3-6,14H,1H2,2H3. The van der Waals surface area contributed by atoms with Gasteiger partial charge in [-0.15, -0.1) is 0 Å². The Kier molecular flexibility index (Phi) is 3.19. The zero-order chi connectivity index (χ0) is 12.4. The van der Waals surface area contributed by atoms with Gasteiger partial charge in [-0.2, -0.15) is 0 Å². The van der Waals surface area contributed by atoms with E-state index in [4.69, 9.17) is 4.74 Å². The van der Waals surface area contributed by atoms with Crippen LogP contribution in [0.5, 0.6) is 5.75 Å². The Labute approximate surface area is 105 Å². The number of halogens is 1. The Bertz CT molecular complexity index is 669. The van der Waals surface area contributed by atoms with Gasteiger partial charge >= 0.3 is 5.63 Å². The van der Waals surface area contributed by atoms with Crippen LogP contribution in [0, 0.1) is 0 Å². The van der Waals surface area contributed by atoms with Crippen LogP contribution < -0.4 is 20.9 Å². The topological polar surface area (TPSA) is 55.2 Å². The van der Waals surface area contributed by atoms with Crippen LogP contribution in [0.2, 0.25) is 0 Å². The summed E-state index contributed by atoms with van der Waals surface area (Å²) in [5.74, 6) is 0.674. The van der Waals surface area contributed by atoms with Crippen molar-refractivity contribution in [2.45, 2.75) is 0 Å². The summed E-state index contributed by atoms with van der Waals surface area (Å²) in [5, 5.41) is 3.26. The number of aromatic amines is 1. The van der Waals surface area contributed by atoms with Crippen LogP contribution in [0.15, 0.2) is 32.0 Å². The molecule has 2 aromatic rings. The SMILES string of the molecule is C=c1[nH]oc(=O)c1=Cc1cc(Br)ccc1OC. The average molecular weight is 296 g/mol. The van der Waals surface area contributed by atoms with Gasteiger partial charge in [-0.25, -0.2) is 9.95 Å². The zero-order valence-corrected chi connectivity index (χ0v) is 10.7. The van der Waals surface area contributed by atoms with Crippen LogP contribution in [0.1, 0.15) is 5.56 Å². The monoisotopic (exact) mass is 295 g/mol. The molecule has 1 aromatic heterocycles. The predicted molar refractivity (Wildman–Crippen MR) is 68.4 cm³/mol. The van der Waals surface area contributed by atoms with E-state index in [2.05, 4.69) is 32.2 Å². The number of H-pyrrole nitrogens is 1. The first-order chi connectivity index (χ1) is 8.11. The molecule has 2 rings (SSSR count). The van der Waals surface area contributed by atoms with Crippen molar-refractivity contribution >= 4 is 28.6 Å². The molecule has 0 amide bonds. The Morgan fingerprint density at radius 1 is 1.53 bits per heavy atom. The normalized spacial score (nSPS) is 11.8. The Morgan fingerprint density at radius 2 is 2.29 bits per heavy atom. The second-order valence-electron chi connectivity index (χ2n) is 3.41. The van der Waals surface area contributed by atoms with Crippen molar-refractivity contribution in [3.8, 4) is 5.75 Å². The van der Waals surface area contributed by atoms with E-state index in [0.717, 1.165) is 10.0 Å². The van der Waals surface area contributed by atoms with Gasteiger partial charge in [-0.1, -0.05) is 22.5 Å². The van der Waals surface area contributed by atoms with Crippen molar-refractivity contribution in [3.05, 3.63) is 49.2 Å². The molecule has 0 fully saturated rings. The lowest BCUT2D eigenvalue weighted by atomic mass is 10.1. The Hall–Kier alpha value is -1.75. The largest absolute Gasteiger partial charge is 0.496 e. The minimum atomic E-state index is -0.447. The van der Waals surface area contributed by atoms with E-state index in [1.54, 1.807) is 13.2 Å². The second-order valence-corrected chi connectivity index (χ2v) is 4.33. The van der Waals surface area contributed by atoms with Gasteiger partial charge in [-0.05, 0) is 24.3 Å². The molecule has 1 heterocycles. The summed E-state index contributed by atoms with van der Waals surface area (Å²) < 4.78 is 10.8. The van der Waals surface area contributed by atoms with Gasteiger partial charge in [0.05, 0.1) is 17.7 Å². The molecule has 0 aliphatic heterocycles. The predicted octanol–water partition coefficient (Wildman–Crippen LogP) is 0.978. The number of nitrogens with one attached hydrogen (secondary N) is 1. The van der Waals surface area contributed by atoms with E-state index < -0.39 is 5.63 Å². The van der Waals surface area contributed by atoms with Gasteiger partial charge in [0, 0.05) is 10.0 Å². The summed E-state index contributed by atoms with van der Waals surface area (Å²) >= 11 is 3.37. The van der Waals surface area contributed by atoms with Crippen molar-refractivity contribution in [3.63, 3.8) is 0 Å². The molecule has 0 spiro atoms. The van der Waals surface area contributed by atoms with Crippen LogP contribution in [0.25, 0.3) is 12.7 Å². The third kappa shape index (κ3) is 2.34. The average Bonchev–Trinajstić information content (AvgIpc) is 2.61. The Balaban J connectivity index is 2.71. The van der Waals surface area contributed by atoms with E-state index >= 15 is 0 Å². The highest BCUT2D eigenvalue weighted by Crippen LogP contribution is 2.23. The molecule has 4 nitrogen and oxygen atoms in total. The molecular formula is C12H10BrNO3. The highest BCUT2D eigenvalue weighted by atomic mass is 79.9. The van der Waals surface area contributed by atoms with Gasteiger partial charge in [0.1, 0.15) is 5.75 Å². The third-order valence-corrected chi connectivity index (χ3v) is 2.80. The number of hydrogen-bond acceptors (Lipinski definition) is 3. The Morgan fingerprint density at radius 3 is 2.88 bits per heavy atom. The summed E-state index contributed by atoms with van der Waals surface area (Å²) in [7, 11) is 1.57. The lowest BCUT2D eigenvalue weighted by molar-refractivity contribution is 0.386. The second kappa shape index (κ2) is 4.63. The quantitative estimate of drug-likeness (QED) is 0.899. The molecule has 0 saturated carbocycles. The zero-order valence-electron chi connectivity index (χ0n) is 9.12. The number of methoxy groups -OCH3 is 1. The fourth-order valence-corrected chi connectivity index (χ4v) is 1.84. The van der Waals surface area contributed by atoms with E-state index in [1.807, 2.05) is 18.2 Å². The summed E-state index contributed by atoms with van der Waals surface area (Å²) in [4.78, 5) is 11.4. The lowest BCUT2D eigenvalue weighted by Crippen LogP contribution is -2.31. The van der Waals surface area contributed by atoms with Crippen LogP contribution in [-0.4, -0.2) is 12.3 Å². The fraction of sp³-hybridized carbons (Fsp3) is 0.0833. The number of aromatic nitrogens is 1. The van der Waals surface area contributed by atoms with Gasteiger partial charge in [-0.3, -0.25) is 0 Å². The summed E-state index contributed by atoms with van der Waals surface area (Å²) in [6.45, 7) is 3.68. The molecule has 0 radical (unpaired) electrons. The first kappa shape index (κ1) is 11.7. The number of ether oxygens (including phenoxy) is 1. The highest BCUT2D eigenvalue weighted by molar-refractivity contribution is 9.10. The van der Waals surface area contributed by atoms with E-state index in [-0.39, 0.29) is 0 Å². The molecule has 0 aliphatic rings. The maximum absolute atomic E-state index is 11.4. The van der Waals surface area contributed by atoms with Crippen LogP contribution in [0.3, 0.4) is 0 Å². The molecule has 17 heavy (non-hydrogen) atoms. The number of rotatable bonds is 2. The number of benzene rings is 1. The molecule has 0 atom stereocenters. The van der Waals surface area contributed by atoms with Crippen molar-refractivity contribution in [1.29, 1.82) is 0 Å². The van der Waals surface area contributed by atoms with Gasteiger partial charge in [0.2, 0.25) is 0 Å². The molecule has 88 valence electrons. The van der Waals surface area contributed by atoms with Gasteiger partial charge in [0.25, 0.3) is 0 Å². The molecule has 1 N–H and O–H groups in total. The minimum absolute atomic E-state index is 0.390. The van der Waals surface area contributed by atoms with Crippen molar-refractivity contribution in [1.82, 2.24) is 5.16 Å². The third-order valence-electron chi connectivity index (χ3n) is 2.30. The summed E-state index contributed by atoms with van der Waals surface area (Å²) in [6, 6.07) is 5.53. The maximum atomic E-state index is 11.4. The van der Waals surface area contributed by atoms with Crippen LogP contribution in [0.4, 0.5) is 0 Å². The first-order valence-electron chi connectivity index (χ1n) is 4.83. The number of hydrogen-bond donors (Lipinski definition) is 1. The van der Waals surface area contributed by atoms with E-state index in [0.29, 0.717) is 16.3 Å². The molecule has 0 aliphatic carbocycles. The smallest absolute Gasteiger partial charge is 0.365 e. The molecule has 5 heteroatoms. The van der Waals surface area contributed by atoms with Gasteiger partial charge < -0.3 is 9.26 Å². The molecule has 0 bridgehead atoms. The molecular weight excluding hydrogens is 286 g/mol. The van der Waals surface area contributed by atoms with Crippen LogP contribution >= 0.6 is 15.9 Å².